The molecule has 1 saturated heterocycles. The van der Waals surface area contributed by atoms with Gasteiger partial charge >= 0.3 is 0 Å². The lowest BCUT2D eigenvalue weighted by Crippen LogP contribution is -2.32. The van der Waals surface area contributed by atoms with E-state index in [2.05, 4.69) is 37.5 Å². The summed E-state index contributed by atoms with van der Waals surface area (Å²) in [5.41, 5.74) is 2.52. The van der Waals surface area contributed by atoms with Gasteiger partial charge in [-0.1, -0.05) is 39.0 Å². The van der Waals surface area contributed by atoms with Crippen LogP contribution >= 0.6 is 0 Å². The Labute approximate surface area is 127 Å². The SMILES string of the molecule is CC(C)(C)c1ccccc1NC(=O)C1CC12CCNCC2. The zero-order valence-electron chi connectivity index (χ0n) is 13.3. The third-order valence-electron chi connectivity index (χ3n) is 5.10. The molecule has 0 aromatic heterocycles. The van der Waals surface area contributed by atoms with E-state index in [-0.39, 0.29) is 17.2 Å². The second-order valence-electron chi connectivity index (χ2n) is 7.65. The molecule has 1 atom stereocenters. The van der Waals surface area contributed by atoms with Gasteiger partial charge in [-0.25, -0.2) is 0 Å². The molecule has 2 fully saturated rings. The second kappa shape index (κ2) is 5.13. The normalized spacial score (nSPS) is 23.9. The van der Waals surface area contributed by atoms with Gasteiger partial charge in [0.2, 0.25) is 5.91 Å². The van der Waals surface area contributed by atoms with Crippen LogP contribution in [-0.4, -0.2) is 19.0 Å². The molecule has 1 amide bonds. The highest BCUT2D eigenvalue weighted by Gasteiger charge is 2.57. The van der Waals surface area contributed by atoms with Crippen LogP contribution in [-0.2, 0) is 10.2 Å². The van der Waals surface area contributed by atoms with Crippen molar-refractivity contribution in [1.82, 2.24) is 5.32 Å². The molecule has 114 valence electrons. The second-order valence-corrected chi connectivity index (χ2v) is 7.65. The number of anilines is 1. The average Bonchev–Trinajstić information content (AvgIpc) is 3.12. The predicted molar refractivity (Wildman–Crippen MR) is 86.4 cm³/mol. The molecule has 1 saturated carbocycles. The summed E-state index contributed by atoms with van der Waals surface area (Å²) in [4.78, 5) is 12.6. The minimum atomic E-state index is 0.0415. The van der Waals surface area contributed by atoms with E-state index in [4.69, 9.17) is 0 Å². The van der Waals surface area contributed by atoms with E-state index in [1.165, 1.54) is 5.56 Å². The van der Waals surface area contributed by atoms with E-state index in [1.807, 2.05) is 18.2 Å². The van der Waals surface area contributed by atoms with Crippen molar-refractivity contribution in [2.24, 2.45) is 11.3 Å². The summed E-state index contributed by atoms with van der Waals surface area (Å²) in [5, 5.41) is 6.58. The summed E-state index contributed by atoms with van der Waals surface area (Å²) in [6, 6.07) is 8.18. The Balaban J connectivity index is 1.72. The monoisotopic (exact) mass is 286 g/mol. The molecule has 2 N–H and O–H groups in total. The van der Waals surface area contributed by atoms with Gasteiger partial charge in [0.15, 0.2) is 0 Å². The fourth-order valence-electron chi connectivity index (χ4n) is 3.66. The zero-order chi connectivity index (χ0) is 15.1. The first kappa shape index (κ1) is 14.6. The lowest BCUT2D eigenvalue weighted by atomic mass is 9.85. The fraction of sp³-hybridized carbons (Fsp3) is 0.611. The van der Waals surface area contributed by atoms with Crippen molar-refractivity contribution >= 4 is 11.6 Å². The Morgan fingerprint density at radius 1 is 1.24 bits per heavy atom. The van der Waals surface area contributed by atoms with Gasteiger partial charge in [-0.15, -0.1) is 0 Å². The van der Waals surface area contributed by atoms with Crippen LogP contribution in [0, 0.1) is 11.3 Å². The molecule has 1 unspecified atom stereocenters. The quantitative estimate of drug-likeness (QED) is 0.875. The number of hydrogen-bond donors (Lipinski definition) is 2. The third kappa shape index (κ3) is 2.84. The zero-order valence-corrected chi connectivity index (χ0v) is 13.3. The highest BCUT2D eigenvalue weighted by molar-refractivity contribution is 5.95. The molecule has 1 aromatic carbocycles. The molecule has 1 aliphatic carbocycles. The summed E-state index contributed by atoms with van der Waals surface area (Å²) in [6.45, 7) is 8.67. The topological polar surface area (TPSA) is 41.1 Å². The highest BCUT2D eigenvalue weighted by Crippen LogP contribution is 2.58. The summed E-state index contributed by atoms with van der Waals surface area (Å²) in [6.07, 6.45) is 3.36. The molecule has 1 heterocycles. The van der Waals surface area contributed by atoms with Crippen molar-refractivity contribution in [2.45, 2.75) is 45.4 Å². The first-order valence-electron chi connectivity index (χ1n) is 8.03. The Bertz CT molecular complexity index is 538. The molecule has 3 heteroatoms. The van der Waals surface area contributed by atoms with Gasteiger partial charge in [-0.3, -0.25) is 4.79 Å². The third-order valence-corrected chi connectivity index (χ3v) is 5.10. The Hall–Kier alpha value is -1.35. The van der Waals surface area contributed by atoms with Gasteiger partial charge in [-0.05, 0) is 54.8 Å². The van der Waals surface area contributed by atoms with Crippen LogP contribution in [0.15, 0.2) is 24.3 Å². The van der Waals surface area contributed by atoms with Gasteiger partial charge in [0.25, 0.3) is 0 Å². The summed E-state index contributed by atoms with van der Waals surface area (Å²) >= 11 is 0. The molecular weight excluding hydrogens is 260 g/mol. The summed E-state index contributed by atoms with van der Waals surface area (Å²) in [5.74, 6) is 0.432. The molecule has 0 bridgehead atoms. The van der Waals surface area contributed by atoms with Gasteiger partial charge < -0.3 is 10.6 Å². The van der Waals surface area contributed by atoms with E-state index >= 15 is 0 Å². The van der Waals surface area contributed by atoms with Crippen LogP contribution in [0.2, 0.25) is 0 Å². The molecule has 0 radical (unpaired) electrons. The number of nitrogens with one attached hydrogen (secondary N) is 2. The minimum Gasteiger partial charge on any atom is -0.326 e. The van der Waals surface area contributed by atoms with Crippen LogP contribution in [0.25, 0.3) is 0 Å². The van der Waals surface area contributed by atoms with Gasteiger partial charge in [0, 0.05) is 11.6 Å². The van der Waals surface area contributed by atoms with Gasteiger partial charge in [0.1, 0.15) is 0 Å². The summed E-state index contributed by atoms with van der Waals surface area (Å²) < 4.78 is 0. The number of rotatable bonds is 2. The largest absolute Gasteiger partial charge is 0.326 e. The maximum Gasteiger partial charge on any atom is 0.228 e. The van der Waals surface area contributed by atoms with Crippen LogP contribution < -0.4 is 10.6 Å². The number of carbonyl (C=O) groups is 1. The van der Waals surface area contributed by atoms with Gasteiger partial charge in [0.05, 0.1) is 0 Å². The fourth-order valence-corrected chi connectivity index (χ4v) is 3.66. The van der Waals surface area contributed by atoms with E-state index < -0.39 is 0 Å². The van der Waals surface area contributed by atoms with E-state index in [1.54, 1.807) is 0 Å². The van der Waals surface area contributed by atoms with Gasteiger partial charge in [-0.2, -0.15) is 0 Å². The molecule has 3 rings (SSSR count). The molecular formula is C18H26N2O. The van der Waals surface area contributed by atoms with Crippen LogP contribution in [0.1, 0.15) is 45.6 Å². The van der Waals surface area contributed by atoms with E-state index in [0.29, 0.717) is 5.41 Å². The van der Waals surface area contributed by atoms with Crippen molar-refractivity contribution in [3.63, 3.8) is 0 Å². The Morgan fingerprint density at radius 2 is 1.90 bits per heavy atom. The van der Waals surface area contributed by atoms with E-state index in [0.717, 1.165) is 38.0 Å². The summed E-state index contributed by atoms with van der Waals surface area (Å²) in [7, 11) is 0. The number of benzene rings is 1. The van der Waals surface area contributed by atoms with Crippen molar-refractivity contribution in [3.8, 4) is 0 Å². The lowest BCUT2D eigenvalue weighted by Gasteiger charge is -2.25. The number of hydrogen-bond acceptors (Lipinski definition) is 2. The molecule has 21 heavy (non-hydrogen) atoms. The van der Waals surface area contributed by atoms with Crippen molar-refractivity contribution in [3.05, 3.63) is 29.8 Å². The number of amides is 1. The molecule has 3 nitrogen and oxygen atoms in total. The smallest absolute Gasteiger partial charge is 0.228 e. The maximum absolute atomic E-state index is 12.6. The lowest BCUT2D eigenvalue weighted by molar-refractivity contribution is -0.118. The van der Waals surface area contributed by atoms with Crippen LogP contribution in [0.5, 0.6) is 0 Å². The predicted octanol–water partition coefficient (Wildman–Crippen LogP) is 3.31. The minimum absolute atomic E-state index is 0.0415. The van der Waals surface area contributed by atoms with Crippen molar-refractivity contribution < 1.29 is 4.79 Å². The standard InChI is InChI=1S/C18H26N2O/c1-17(2,3)13-6-4-5-7-15(13)20-16(21)14-12-18(14)8-10-19-11-9-18/h4-7,14,19H,8-12H2,1-3H3,(H,20,21). The highest BCUT2D eigenvalue weighted by atomic mass is 16.2. The molecule has 1 aliphatic heterocycles. The number of para-hydroxylation sites is 1. The molecule has 1 aromatic rings. The first-order chi connectivity index (χ1) is 9.92. The Kier molecular flexibility index (Phi) is 3.56. The molecule has 2 aliphatic rings. The average molecular weight is 286 g/mol. The van der Waals surface area contributed by atoms with E-state index in [9.17, 15) is 4.79 Å². The van der Waals surface area contributed by atoms with Crippen molar-refractivity contribution in [2.75, 3.05) is 18.4 Å². The Morgan fingerprint density at radius 3 is 2.57 bits per heavy atom. The first-order valence-corrected chi connectivity index (χ1v) is 8.03. The maximum atomic E-state index is 12.6. The number of piperidine rings is 1. The van der Waals surface area contributed by atoms with Crippen LogP contribution in [0.4, 0.5) is 5.69 Å². The van der Waals surface area contributed by atoms with Crippen molar-refractivity contribution in [1.29, 1.82) is 0 Å². The number of carbonyl (C=O) groups excluding carboxylic acids is 1. The molecule has 1 spiro atoms. The van der Waals surface area contributed by atoms with Crippen LogP contribution in [0.3, 0.4) is 0 Å².